The van der Waals surface area contributed by atoms with Gasteiger partial charge in [-0.1, -0.05) is 0 Å². The molecule has 0 bridgehead atoms. The van der Waals surface area contributed by atoms with Crippen molar-refractivity contribution in [1.82, 2.24) is 15.2 Å². The Bertz CT molecular complexity index is 375. The Morgan fingerprint density at radius 2 is 1.95 bits per heavy atom. The molecule has 1 aromatic rings. The third kappa shape index (κ3) is 6.39. The summed E-state index contributed by atoms with van der Waals surface area (Å²) in [7, 11) is 1.84. The summed E-state index contributed by atoms with van der Waals surface area (Å²) in [6, 6.07) is 4.10. The molecule has 0 saturated carbocycles. The first kappa shape index (κ1) is 17.7. The van der Waals surface area contributed by atoms with E-state index in [1.165, 1.54) is 24.3 Å². The number of rotatable bonds is 5. The molecule has 6 heteroatoms. The quantitative estimate of drug-likeness (QED) is 0.447. The summed E-state index contributed by atoms with van der Waals surface area (Å²) in [6.45, 7) is 2.91. The predicted octanol–water partition coefficient (Wildman–Crippen LogP) is 2.41. The van der Waals surface area contributed by atoms with Gasteiger partial charge in [0, 0.05) is 39.1 Å². The Balaban J connectivity index is 0.00000200. The minimum absolute atomic E-state index is 0. The summed E-state index contributed by atoms with van der Waals surface area (Å²) in [4.78, 5) is 4.27. The number of guanidine groups is 1. The molecule has 4 nitrogen and oxygen atoms in total. The number of hydrogen-bond donors (Lipinski definition) is 2. The molecule has 0 atom stereocenters. The second-order valence-corrected chi connectivity index (χ2v) is 6.08. The highest BCUT2D eigenvalue weighted by Gasteiger charge is 2.13. The zero-order valence-corrected chi connectivity index (χ0v) is 15.2. The third-order valence-corrected chi connectivity index (χ3v) is 4.50. The standard InChI is InChI=1S/C14H24N4S.HI/c1-15-14(16-6-9-18-7-2-3-8-18)17-12-13-4-10-19-11-5-13;/h2-3,7-8,13H,4-6,9-12H2,1H3,(H2,15,16,17);1H. The Morgan fingerprint density at radius 1 is 1.25 bits per heavy atom. The maximum absolute atomic E-state index is 4.27. The van der Waals surface area contributed by atoms with Crippen LogP contribution in [0.4, 0.5) is 0 Å². The molecule has 1 fully saturated rings. The fourth-order valence-electron chi connectivity index (χ4n) is 2.23. The van der Waals surface area contributed by atoms with Crippen LogP contribution in [0, 0.1) is 5.92 Å². The maximum Gasteiger partial charge on any atom is 0.191 e. The zero-order chi connectivity index (χ0) is 13.3. The molecule has 2 N–H and O–H groups in total. The molecule has 1 aliphatic rings. The lowest BCUT2D eigenvalue weighted by molar-refractivity contribution is 0.478. The number of aliphatic imine (C=N–C) groups is 1. The highest BCUT2D eigenvalue weighted by Crippen LogP contribution is 2.21. The molecule has 1 saturated heterocycles. The highest BCUT2D eigenvalue weighted by atomic mass is 127. The van der Waals surface area contributed by atoms with Gasteiger partial charge in [-0.25, -0.2) is 0 Å². The van der Waals surface area contributed by atoms with Crippen molar-refractivity contribution in [3.05, 3.63) is 24.5 Å². The first-order valence-electron chi connectivity index (χ1n) is 7.01. The Kier molecular flexibility index (Phi) is 9.17. The second kappa shape index (κ2) is 10.4. The largest absolute Gasteiger partial charge is 0.356 e. The summed E-state index contributed by atoms with van der Waals surface area (Å²) < 4.78 is 2.17. The van der Waals surface area contributed by atoms with Crippen LogP contribution < -0.4 is 10.6 Å². The van der Waals surface area contributed by atoms with E-state index in [9.17, 15) is 0 Å². The van der Waals surface area contributed by atoms with Crippen LogP contribution in [0.15, 0.2) is 29.5 Å². The van der Waals surface area contributed by atoms with E-state index in [1.54, 1.807) is 0 Å². The molecular weight excluding hydrogens is 383 g/mol. The molecule has 1 aliphatic heterocycles. The smallest absolute Gasteiger partial charge is 0.191 e. The van der Waals surface area contributed by atoms with Crippen molar-refractivity contribution >= 4 is 41.7 Å². The van der Waals surface area contributed by atoms with Crippen molar-refractivity contribution in [3.63, 3.8) is 0 Å². The van der Waals surface area contributed by atoms with E-state index in [2.05, 4.69) is 44.3 Å². The van der Waals surface area contributed by atoms with Crippen molar-refractivity contribution in [3.8, 4) is 0 Å². The van der Waals surface area contributed by atoms with Gasteiger partial charge in [-0.15, -0.1) is 24.0 Å². The summed E-state index contributed by atoms with van der Waals surface area (Å²) in [6.07, 6.45) is 6.82. The highest BCUT2D eigenvalue weighted by molar-refractivity contribution is 14.0. The van der Waals surface area contributed by atoms with Gasteiger partial charge in [0.2, 0.25) is 0 Å². The summed E-state index contributed by atoms with van der Waals surface area (Å²) in [5.74, 6) is 4.35. The molecule has 0 spiro atoms. The summed E-state index contributed by atoms with van der Waals surface area (Å²) >= 11 is 2.07. The van der Waals surface area contributed by atoms with Gasteiger partial charge >= 0.3 is 0 Å². The van der Waals surface area contributed by atoms with Crippen LogP contribution in [-0.4, -0.2) is 42.2 Å². The number of hydrogen-bond acceptors (Lipinski definition) is 2. The SMILES string of the molecule is CN=C(NCCn1cccc1)NCC1CCSCC1.I. The molecule has 0 radical (unpaired) electrons. The molecule has 0 aromatic carbocycles. The Labute approximate surface area is 143 Å². The van der Waals surface area contributed by atoms with Crippen molar-refractivity contribution in [2.45, 2.75) is 19.4 Å². The van der Waals surface area contributed by atoms with E-state index in [0.29, 0.717) is 0 Å². The van der Waals surface area contributed by atoms with Crippen molar-refractivity contribution in [2.24, 2.45) is 10.9 Å². The first-order chi connectivity index (χ1) is 9.38. The van der Waals surface area contributed by atoms with E-state index in [0.717, 1.165) is 31.5 Å². The number of nitrogens with zero attached hydrogens (tertiary/aromatic N) is 2. The average Bonchev–Trinajstić information content (AvgIpc) is 2.97. The lowest BCUT2D eigenvalue weighted by atomic mass is 10.0. The lowest BCUT2D eigenvalue weighted by Crippen LogP contribution is -2.41. The van der Waals surface area contributed by atoms with Gasteiger partial charge in [0.15, 0.2) is 5.96 Å². The number of nitrogens with one attached hydrogen (secondary N) is 2. The van der Waals surface area contributed by atoms with Gasteiger partial charge in [-0.05, 0) is 42.4 Å². The summed E-state index contributed by atoms with van der Waals surface area (Å²) in [5, 5.41) is 6.80. The average molecular weight is 408 g/mol. The second-order valence-electron chi connectivity index (χ2n) is 4.86. The minimum Gasteiger partial charge on any atom is -0.356 e. The van der Waals surface area contributed by atoms with Crippen LogP contribution in [0.25, 0.3) is 0 Å². The molecule has 0 unspecified atom stereocenters. The normalized spacial score (nSPS) is 16.6. The van der Waals surface area contributed by atoms with Gasteiger partial charge in [0.25, 0.3) is 0 Å². The Morgan fingerprint density at radius 3 is 2.60 bits per heavy atom. The van der Waals surface area contributed by atoms with Crippen molar-refractivity contribution in [1.29, 1.82) is 0 Å². The fraction of sp³-hybridized carbons (Fsp3) is 0.643. The van der Waals surface area contributed by atoms with Crippen LogP contribution in [0.3, 0.4) is 0 Å². The van der Waals surface area contributed by atoms with Gasteiger partial charge in [-0.3, -0.25) is 4.99 Å². The van der Waals surface area contributed by atoms with E-state index >= 15 is 0 Å². The van der Waals surface area contributed by atoms with Crippen LogP contribution in [0.1, 0.15) is 12.8 Å². The molecule has 2 heterocycles. The molecule has 0 amide bonds. The topological polar surface area (TPSA) is 41.4 Å². The van der Waals surface area contributed by atoms with Crippen LogP contribution in [0.5, 0.6) is 0 Å². The fourth-order valence-corrected chi connectivity index (χ4v) is 3.44. The van der Waals surface area contributed by atoms with Crippen molar-refractivity contribution in [2.75, 3.05) is 31.6 Å². The third-order valence-electron chi connectivity index (χ3n) is 3.45. The zero-order valence-electron chi connectivity index (χ0n) is 12.0. The minimum atomic E-state index is 0. The monoisotopic (exact) mass is 408 g/mol. The van der Waals surface area contributed by atoms with E-state index in [4.69, 9.17) is 0 Å². The molecular formula is C14H25IN4S. The van der Waals surface area contributed by atoms with Gasteiger partial charge in [0.1, 0.15) is 0 Å². The van der Waals surface area contributed by atoms with Gasteiger partial charge in [-0.2, -0.15) is 11.8 Å². The van der Waals surface area contributed by atoms with Gasteiger partial charge in [0.05, 0.1) is 0 Å². The first-order valence-corrected chi connectivity index (χ1v) is 8.17. The van der Waals surface area contributed by atoms with Crippen molar-refractivity contribution < 1.29 is 0 Å². The van der Waals surface area contributed by atoms with E-state index < -0.39 is 0 Å². The maximum atomic E-state index is 4.27. The number of thioether (sulfide) groups is 1. The predicted molar refractivity (Wildman–Crippen MR) is 99.3 cm³/mol. The molecule has 1 aromatic heterocycles. The molecule has 2 rings (SSSR count). The van der Waals surface area contributed by atoms with E-state index in [-0.39, 0.29) is 24.0 Å². The molecule has 114 valence electrons. The number of halogens is 1. The van der Waals surface area contributed by atoms with Crippen LogP contribution in [-0.2, 0) is 6.54 Å². The molecule has 20 heavy (non-hydrogen) atoms. The van der Waals surface area contributed by atoms with E-state index in [1.807, 2.05) is 19.2 Å². The van der Waals surface area contributed by atoms with Crippen LogP contribution in [0.2, 0.25) is 0 Å². The lowest BCUT2D eigenvalue weighted by Gasteiger charge is -2.22. The Hall–Kier alpha value is -0.370. The molecule has 0 aliphatic carbocycles. The van der Waals surface area contributed by atoms with Crippen LogP contribution >= 0.6 is 35.7 Å². The van der Waals surface area contributed by atoms with Gasteiger partial charge < -0.3 is 15.2 Å². The number of aromatic nitrogens is 1. The summed E-state index contributed by atoms with van der Waals surface area (Å²) in [5.41, 5.74) is 0.